The second-order valence-electron chi connectivity index (χ2n) is 5.65. The number of carbonyl (C=O) groups excluding carboxylic acids is 2. The number of piperazine rings is 1. The van der Waals surface area contributed by atoms with Gasteiger partial charge in [-0.15, -0.1) is 0 Å². The van der Waals surface area contributed by atoms with Gasteiger partial charge < -0.3 is 9.80 Å². The maximum atomic E-state index is 12.8. The average Bonchev–Trinajstić information content (AvgIpc) is 2.51. The van der Waals surface area contributed by atoms with Gasteiger partial charge in [0, 0.05) is 16.7 Å². The second kappa shape index (κ2) is 5.79. The van der Waals surface area contributed by atoms with Gasteiger partial charge >= 0.3 is 0 Å². The molecule has 2 heterocycles. The van der Waals surface area contributed by atoms with Gasteiger partial charge in [-0.05, 0) is 49.4 Å². The topological polar surface area (TPSA) is 40.6 Å². The summed E-state index contributed by atoms with van der Waals surface area (Å²) in [5.41, 5.74) is 1.97. The molecule has 1 aromatic rings. The number of piperidine rings is 1. The number of hydrogen-bond acceptors (Lipinski definition) is 2. The van der Waals surface area contributed by atoms with Crippen LogP contribution < -0.4 is 4.90 Å². The number of fused-ring (bicyclic) bond motifs is 1. The van der Waals surface area contributed by atoms with Crippen molar-refractivity contribution in [1.82, 2.24) is 4.90 Å². The molecule has 112 valence electrons. The highest BCUT2D eigenvalue weighted by Crippen LogP contribution is 2.30. The second-order valence-corrected chi connectivity index (χ2v) is 6.57. The number of hydrogen-bond donors (Lipinski definition) is 0. The number of benzene rings is 1. The molecular weight excluding hydrogens is 332 g/mol. The van der Waals surface area contributed by atoms with Crippen LogP contribution >= 0.6 is 15.9 Å². The molecule has 2 aliphatic rings. The Morgan fingerprint density at radius 1 is 1.29 bits per heavy atom. The number of carbonyl (C=O) groups is 2. The quantitative estimate of drug-likeness (QED) is 0.822. The zero-order chi connectivity index (χ0) is 15.0. The van der Waals surface area contributed by atoms with Crippen LogP contribution in [0.1, 0.15) is 31.7 Å². The number of halogens is 1. The molecule has 1 aromatic carbocycles. The summed E-state index contributed by atoms with van der Waals surface area (Å²) >= 11 is 3.46. The van der Waals surface area contributed by atoms with E-state index in [1.54, 1.807) is 9.80 Å². The van der Waals surface area contributed by atoms with Crippen LogP contribution in [-0.2, 0) is 16.0 Å². The fraction of sp³-hybridized carbons (Fsp3) is 0.500. The molecule has 2 amide bonds. The van der Waals surface area contributed by atoms with Gasteiger partial charge in [0.1, 0.15) is 12.6 Å². The van der Waals surface area contributed by atoms with Crippen molar-refractivity contribution in [3.63, 3.8) is 0 Å². The number of anilines is 1. The molecule has 1 unspecified atom stereocenters. The third-order valence-electron chi connectivity index (χ3n) is 4.38. The monoisotopic (exact) mass is 350 g/mol. The summed E-state index contributed by atoms with van der Waals surface area (Å²) in [6, 6.07) is 5.64. The lowest BCUT2D eigenvalue weighted by atomic mass is 9.97. The summed E-state index contributed by atoms with van der Waals surface area (Å²) in [5, 5.41) is 0. The van der Waals surface area contributed by atoms with Crippen LogP contribution in [0.2, 0.25) is 0 Å². The standard InChI is InChI=1S/C16H19BrN2O2/c1-2-11-9-12(17)6-7-13(11)19-10-15(20)18-8-4-3-5-14(18)16(19)21/h6-7,9,14H,2-5,8,10H2,1H3. The maximum absolute atomic E-state index is 12.8. The highest BCUT2D eigenvalue weighted by atomic mass is 79.9. The molecule has 3 rings (SSSR count). The van der Waals surface area contributed by atoms with E-state index in [2.05, 4.69) is 22.9 Å². The van der Waals surface area contributed by atoms with Crippen LogP contribution in [0.5, 0.6) is 0 Å². The molecule has 0 aliphatic carbocycles. The molecule has 0 saturated carbocycles. The molecule has 1 atom stereocenters. The third-order valence-corrected chi connectivity index (χ3v) is 4.87. The largest absolute Gasteiger partial charge is 0.329 e. The van der Waals surface area contributed by atoms with Crippen molar-refractivity contribution in [3.8, 4) is 0 Å². The van der Waals surface area contributed by atoms with E-state index in [1.165, 1.54) is 0 Å². The Bertz CT molecular complexity index is 588. The summed E-state index contributed by atoms with van der Waals surface area (Å²) in [4.78, 5) is 28.6. The number of amides is 2. The first kappa shape index (κ1) is 14.6. The fourth-order valence-electron chi connectivity index (χ4n) is 3.28. The highest BCUT2D eigenvalue weighted by molar-refractivity contribution is 9.10. The minimum atomic E-state index is -0.256. The van der Waals surface area contributed by atoms with E-state index >= 15 is 0 Å². The smallest absolute Gasteiger partial charge is 0.250 e. The molecule has 21 heavy (non-hydrogen) atoms. The Morgan fingerprint density at radius 3 is 2.86 bits per heavy atom. The van der Waals surface area contributed by atoms with Crippen LogP contribution in [0, 0.1) is 0 Å². The molecule has 0 radical (unpaired) electrons. The molecule has 4 nitrogen and oxygen atoms in total. The van der Waals surface area contributed by atoms with E-state index in [0.717, 1.165) is 48.0 Å². The number of aryl methyl sites for hydroxylation is 1. The van der Waals surface area contributed by atoms with E-state index in [0.29, 0.717) is 0 Å². The zero-order valence-electron chi connectivity index (χ0n) is 12.1. The first-order valence-electron chi connectivity index (χ1n) is 7.51. The average molecular weight is 351 g/mol. The van der Waals surface area contributed by atoms with Gasteiger partial charge in [-0.2, -0.15) is 0 Å². The molecular formula is C16H19BrN2O2. The summed E-state index contributed by atoms with van der Waals surface area (Å²) in [6.45, 7) is 2.96. The molecule has 2 saturated heterocycles. The SMILES string of the molecule is CCc1cc(Br)ccc1N1CC(=O)N2CCCCC2C1=O. The van der Waals surface area contributed by atoms with Crippen molar-refractivity contribution in [1.29, 1.82) is 0 Å². The van der Waals surface area contributed by atoms with Crippen molar-refractivity contribution >= 4 is 33.4 Å². The van der Waals surface area contributed by atoms with Crippen LogP contribution in [0.15, 0.2) is 22.7 Å². The molecule has 0 spiro atoms. The highest BCUT2D eigenvalue weighted by Gasteiger charge is 2.41. The van der Waals surface area contributed by atoms with Gasteiger partial charge in [0.05, 0.1) is 0 Å². The lowest BCUT2D eigenvalue weighted by molar-refractivity contribution is -0.144. The normalized spacial score (nSPS) is 22.5. The van der Waals surface area contributed by atoms with Crippen molar-refractivity contribution in [2.24, 2.45) is 0 Å². The third kappa shape index (κ3) is 2.59. The van der Waals surface area contributed by atoms with Crippen LogP contribution in [0.25, 0.3) is 0 Å². The summed E-state index contributed by atoms with van der Waals surface area (Å²) in [6.07, 6.45) is 3.66. The van der Waals surface area contributed by atoms with Crippen molar-refractivity contribution < 1.29 is 9.59 Å². The predicted molar refractivity (Wildman–Crippen MR) is 85.2 cm³/mol. The lowest BCUT2D eigenvalue weighted by Gasteiger charge is -2.43. The minimum absolute atomic E-state index is 0.0734. The summed E-state index contributed by atoms with van der Waals surface area (Å²) < 4.78 is 0.998. The molecule has 0 N–H and O–H groups in total. The Balaban J connectivity index is 1.95. The van der Waals surface area contributed by atoms with Crippen LogP contribution in [0.3, 0.4) is 0 Å². The summed E-state index contributed by atoms with van der Waals surface area (Å²) in [7, 11) is 0. The van der Waals surface area contributed by atoms with Crippen LogP contribution in [0.4, 0.5) is 5.69 Å². The van der Waals surface area contributed by atoms with Gasteiger partial charge in [-0.1, -0.05) is 22.9 Å². The molecule has 5 heteroatoms. The van der Waals surface area contributed by atoms with Gasteiger partial charge in [-0.3, -0.25) is 9.59 Å². The maximum Gasteiger partial charge on any atom is 0.250 e. The van der Waals surface area contributed by atoms with E-state index in [9.17, 15) is 9.59 Å². The van der Waals surface area contributed by atoms with Crippen molar-refractivity contribution in [2.45, 2.75) is 38.6 Å². The number of nitrogens with zero attached hydrogens (tertiary/aromatic N) is 2. The van der Waals surface area contributed by atoms with E-state index < -0.39 is 0 Å². The lowest BCUT2D eigenvalue weighted by Crippen LogP contribution is -2.61. The zero-order valence-corrected chi connectivity index (χ0v) is 13.7. The molecule has 0 aromatic heterocycles. The molecule has 0 bridgehead atoms. The predicted octanol–water partition coefficient (Wildman–Crippen LogP) is 2.74. The first-order valence-corrected chi connectivity index (χ1v) is 8.30. The number of rotatable bonds is 2. The van der Waals surface area contributed by atoms with E-state index in [-0.39, 0.29) is 24.4 Å². The molecule has 2 fully saturated rings. The van der Waals surface area contributed by atoms with Gasteiger partial charge in [0.15, 0.2) is 0 Å². The Kier molecular flexibility index (Phi) is 4.02. The Morgan fingerprint density at radius 2 is 2.10 bits per heavy atom. The minimum Gasteiger partial charge on any atom is -0.329 e. The first-order chi connectivity index (χ1) is 10.1. The van der Waals surface area contributed by atoms with Gasteiger partial charge in [-0.25, -0.2) is 0 Å². The van der Waals surface area contributed by atoms with E-state index in [4.69, 9.17) is 0 Å². The fourth-order valence-corrected chi connectivity index (χ4v) is 3.68. The van der Waals surface area contributed by atoms with Crippen molar-refractivity contribution in [2.75, 3.05) is 18.0 Å². The van der Waals surface area contributed by atoms with Crippen LogP contribution in [-0.4, -0.2) is 35.8 Å². The van der Waals surface area contributed by atoms with Crippen molar-refractivity contribution in [3.05, 3.63) is 28.2 Å². The van der Waals surface area contributed by atoms with Gasteiger partial charge in [0.25, 0.3) is 0 Å². The Labute approximate surface area is 133 Å². The molecule has 2 aliphatic heterocycles. The van der Waals surface area contributed by atoms with Gasteiger partial charge in [0.2, 0.25) is 11.8 Å². The van der Waals surface area contributed by atoms with E-state index in [1.807, 2.05) is 18.2 Å². The Hall–Kier alpha value is -1.36. The summed E-state index contributed by atoms with van der Waals surface area (Å²) in [5.74, 6) is 0.149.